The Bertz CT molecular complexity index is 931. The first-order valence-electron chi connectivity index (χ1n) is 8.27. The molecule has 3 aromatic rings. The zero-order valence-corrected chi connectivity index (χ0v) is 15.5. The van der Waals surface area contributed by atoms with Gasteiger partial charge in [-0.3, -0.25) is 4.79 Å². The molecule has 6 heteroatoms. The van der Waals surface area contributed by atoms with Crippen LogP contribution in [0, 0.1) is 6.92 Å². The van der Waals surface area contributed by atoms with Gasteiger partial charge in [0.2, 0.25) is 0 Å². The van der Waals surface area contributed by atoms with Crippen molar-refractivity contribution < 1.29 is 4.79 Å². The van der Waals surface area contributed by atoms with Gasteiger partial charge < -0.3 is 9.80 Å². The Morgan fingerprint density at radius 2 is 1.92 bits per heavy atom. The molecule has 1 aliphatic rings. The van der Waals surface area contributed by atoms with E-state index in [1.54, 1.807) is 11.3 Å². The largest absolute Gasteiger partial charge is 0.345 e. The number of carbonyl (C=O) groups is 1. The van der Waals surface area contributed by atoms with Crippen molar-refractivity contribution in [1.29, 1.82) is 0 Å². The molecule has 2 heterocycles. The van der Waals surface area contributed by atoms with Crippen molar-refractivity contribution in [3.05, 3.63) is 58.6 Å². The van der Waals surface area contributed by atoms with Crippen LogP contribution in [0.2, 0.25) is 5.02 Å². The molecule has 0 unspecified atom stereocenters. The Morgan fingerprint density at radius 1 is 1.12 bits per heavy atom. The standard InChI is InChI=1S/C19H18ClN3OS/c1-13-3-2-4-14(11-13)18(24)22-7-9-23(10-8-22)19-21-16-6-5-15(20)12-17(16)25-19/h2-6,11-12H,7-10H2,1H3. The predicted molar refractivity (Wildman–Crippen MR) is 104 cm³/mol. The maximum Gasteiger partial charge on any atom is 0.253 e. The van der Waals surface area contributed by atoms with Gasteiger partial charge in [-0.2, -0.15) is 0 Å². The number of amides is 1. The highest BCUT2D eigenvalue weighted by Crippen LogP contribution is 2.31. The quantitative estimate of drug-likeness (QED) is 0.676. The Kier molecular flexibility index (Phi) is 4.36. The first kappa shape index (κ1) is 16.4. The fourth-order valence-electron chi connectivity index (χ4n) is 3.08. The summed E-state index contributed by atoms with van der Waals surface area (Å²) in [7, 11) is 0. The van der Waals surface area contributed by atoms with E-state index in [2.05, 4.69) is 4.90 Å². The van der Waals surface area contributed by atoms with Crippen molar-refractivity contribution in [3.8, 4) is 0 Å². The number of fused-ring (bicyclic) bond motifs is 1. The Balaban J connectivity index is 1.46. The van der Waals surface area contributed by atoms with Crippen molar-refractivity contribution in [2.24, 2.45) is 0 Å². The van der Waals surface area contributed by atoms with E-state index in [4.69, 9.17) is 16.6 Å². The molecular weight excluding hydrogens is 354 g/mol. The fraction of sp³-hybridized carbons (Fsp3) is 0.263. The topological polar surface area (TPSA) is 36.4 Å². The molecule has 4 nitrogen and oxygen atoms in total. The minimum Gasteiger partial charge on any atom is -0.345 e. The average molecular weight is 372 g/mol. The molecule has 128 valence electrons. The van der Waals surface area contributed by atoms with Crippen molar-refractivity contribution >= 4 is 44.2 Å². The number of hydrogen-bond acceptors (Lipinski definition) is 4. The van der Waals surface area contributed by atoms with E-state index in [9.17, 15) is 4.79 Å². The number of nitrogens with zero attached hydrogens (tertiary/aromatic N) is 3. The monoisotopic (exact) mass is 371 g/mol. The van der Waals surface area contributed by atoms with Crippen LogP contribution in [0.15, 0.2) is 42.5 Å². The maximum atomic E-state index is 12.7. The number of benzene rings is 2. The molecule has 0 saturated carbocycles. The summed E-state index contributed by atoms with van der Waals surface area (Å²) in [4.78, 5) is 21.5. The molecule has 1 fully saturated rings. The van der Waals surface area contributed by atoms with Crippen molar-refractivity contribution in [1.82, 2.24) is 9.88 Å². The van der Waals surface area contributed by atoms with Gasteiger partial charge in [-0.25, -0.2) is 4.98 Å². The first-order valence-corrected chi connectivity index (χ1v) is 9.46. The number of carbonyl (C=O) groups excluding carboxylic acids is 1. The second-order valence-electron chi connectivity index (χ2n) is 6.26. The van der Waals surface area contributed by atoms with Crippen LogP contribution in [0.4, 0.5) is 5.13 Å². The van der Waals surface area contributed by atoms with Gasteiger partial charge in [-0.05, 0) is 37.3 Å². The van der Waals surface area contributed by atoms with Crippen LogP contribution in [0.5, 0.6) is 0 Å². The Hall–Kier alpha value is -2.11. The summed E-state index contributed by atoms with van der Waals surface area (Å²) in [5.41, 5.74) is 2.85. The third-order valence-corrected chi connectivity index (χ3v) is 5.76. The van der Waals surface area contributed by atoms with Gasteiger partial charge in [0.05, 0.1) is 10.2 Å². The van der Waals surface area contributed by atoms with E-state index in [-0.39, 0.29) is 5.91 Å². The molecule has 0 radical (unpaired) electrons. The van der Waals surface area contributed by atoms with Gasteiger partial charge in [0.15, 0.2) is 5.13 Å². The maximum absolute atomic E-state index is 12.7. The molecule has 4 rings (SSSR count). The lowest BCUT2D eigenvalue weighted by Gasteiger charge is -2.34. The van der Waals surface area contributed by atoms with Crippen LogP contribution >= 0.6 is 22.9 Å². The van der Waals surface area contributed by atoms with Crippen LogP contribution in [-0.2, 0) is 0 Å². The fourth-order valence-corrected chi connectivity index (χ4v) is 4.38. The van der Waals surface area contributed by atoms with Crippen molar-refractivity contribution in [3.63, 3.8) is 0 Å². The third kappa shape index (κ3) is 3.34. The summed E-state index contributed by atoms with van der Waals surface area (Å²) in [6.45, 7) is 5.03. The number of halogens is 1. The zero-order chi connectivity index (χ0) is 17.4. The summed E-state index contributed by atoms with van der Waals surface area (Å²) in [5.74, 6) is 0.111. The predicted octanol–water partition coefficient (Wildman–Crippen LogP) is 4.22. The van der Waals surface area contributed by atoms with Crippen LogP contribution in [0.3, 0.4) is 0 Å². The summed E-state index contributed by atoms with van der Waals surface area (Å²) in [6, 6.07) is 13.6. The number of piperazine rings is 1. The summed E-state index contributed by atoms with van der Waals surface area (Å²) in [6.07, 6.45) is 0. The second-order valence-corrected chi connectivity index (χ2v) is 7.70. The van der Waals surface area contributed by atoms with Gasteiger partial charge in [-0.15, -0.1) is 0 Å². The number of hydrogen-bond donors (Lipinski definition) is 0. The lowest BCUT2D eigenvalue weighted by Crippen LogP contribution is -2.48. The highest BCUT2D eigenvalue weighted by Gasteiger charge is 2.24. The molecule has 1 aromatic heterocycles. The molecule has 2 aromatic carbocycles. The number of rotatable bonds is 2. The molecule has 1 saturated heterocycles. The highest BCUT2D eigenvalue weighted by atomic mass is 35.5. The van der Waals surface area contributed by atoms with Crippen LogP contribution in [0.1, 0.15) is 15.9 Å². The molecule has 25 heavy (non-hydrogen) atoms. The second kappa shape index (κ2) is 6.65. The van der Waals surface area contributed by atoms with E-state index in [1.165, 1.54) is 0 Å². The molecular formula is C19H18ClN3OS. The third-order valence-electron chi connectivity index (χ3n) is 4.44. The minimum absolute atomic E-state index is 0.111. The minimum atomic E-state index is 0.111. The number of thiazole rings is 1. The summed E-state index contributed by atoms with van der Waals surface area (Å²) in [5, 5.41) is 1.73. The lowest BCUT2D eigenvalue weighted by atomic mass is 10.1. The summed E-state index contributed by atoms with van der Waals surface area (Å²) < 4.78 is 1.10. The smallest absolute Gasteiger partial charge is 0.253 e. The lowest BCUT2D eigenvalue weighted by molar-refractivity contribution is 0.0746. The molecule has 0 spiro atoms. The van der Waals surface area contributed by atoms with E-state index in [0.29, 0.717) is 13.1 Å². The van der Waals surface area contributed by atoms with Crippen LogP contribution < -0.4 is 4.90 Å². The van der Waals surface area contributed by atoms with Gasteiger partial charge in [-0.1, -0.05) is 40.6 Å². The van der Waals surface area contributed by atoms with E-state index >= 15 is 0 Å². The number of aryl methyl sites for hydroxylation is 1. The number of anilines is 1. The zero-order valence-electron chi connectivity index (χ0n) is 13.9. The van der Waals surface area contributed by atoms with Gasteiger partial charge >= 0.3 is 0 Å². The van der Waals surface area contributed by atoms with Gasteiger partial charge in [0, 0.05) is 36.8 Å². The molecule has 1 aliphatic heterocycles. The summed E-state index contributed by atoms with van der Waals surface area (Å²) >= 11 is 7.71. The molecule has 0 atom stereocenters. The number of aromatic nitrogens is 1. The molecule has 0 bridgehead atoms. The van der Waals surface area contributed by atoms with Crippen molar-refractivity contribution in [2.75, 3.05) is 31.1 Å². The highest BCUT2D eigenvalue weighted by molar-refractivity contribution is 7.22. The molecule has 0 aliphatic carbocycles. The van der Waals surface area contributed by atoms with Gasteiger partial charge in [0.1, 0.15) is 0 Å². The molecule has 0 N–H and O–H groups in total. The van der Waals surface area contributed by atoms with Crippen LogP contribution in [-0.4, -0.2) is 42.0 Å². The molecule has 1 amide bonds. The van der Waals surface area contributed by atoms with E-state index in [1.807, 2.05) is 54.3 Å². The van der Waals surface area contributed by atoms with Crippen molar-refractivity contribution in [2.45, 2.75) is 6.92 Å². The Morgan fingerprint density at radius 3 is 2.68 bits per heavy atom. The average Bonchev–Trinajstić information content (AvgIpc) is 3.04. The first-order chi connectivity index (χ1) is 12.1. The van der Waals surface area contributed by atoms with Crippen LogP contribution in [0.25, 0.3) is 10.2 Å². The van der Waals surface area contributed by atoms with E-state index in [0.717, 1.165) is 44.6 Å². The normalized spacial score (nSPS) is 15.0. The van der Waals surface area contributed by atoms with Gasteiger partial charge in [0.25, 0.3) is 5.91 Å². The Labute approximate surface area is 155 Å². The SMILES string of the molecule is Cc1cccc(C(=O)N2CCN(c3nc4ccc(Cl)cc4s3)CC2)c1. The van der Waals surface area contributed by atoms with E-state index < -0.39 is 0 Å².